The zero-order chi connectivity index (χ0) is 17.3. The third-order valence-corrected chi connectivity index (χ3v) is 4.06. The number of aromatic nitrogens is 3. The lowest BCUT2D eigenvalue weighted by Crippen LogP contribution is -2.22. The van der Waals surface area contributed by atoms with Gasteiger partial charge in [-0.15, -0.1) is 5.10 Å². The van der Waals surface area contributed by atoms with Crippen LogP contribution in [-0.2, 0) is 11.3 Å². The van der Waals surface area contributed by atoms with Gasteiger partial charge in [-0.05, 0) is 29.8 Å². The highest BCUT2D eigenvalue weighted by Crippen LogP contribution is 2.22. The molecule has 1 aromatic carbocycles. The molecule has 9 heteroatoms. The number of halogens is 2. The molecule has 124 valence electrons. The van der Waals surface area contributed by atoms with Gasteiger partial charge in [0.15, 0.2) is 5.65 Å². The van der Waals surface area contributed by atoms with Gasteiger partial charge in [0.1, 0.15) is 6.61 Å². The van der Waals surface area contributed by atoms with E-state index in [0.717, 1.165) is 5.56 Å². The lowest BCUT2D eigenvalue weighted by Gasteiger charge is -2.02. The Kier molecular flexibility index (Phi) is 4.57. The molecule has 3 aromatic rings. The van der Waals surface area contributed by atoms with Crippen molar-refractivity contribution in [2.75, 3.05) is 11.9 Å². The number of aliphatic hydroxyl groups excluding tert-OH is 1. The topological polar surface area (TPSA) is 88.6 Å². The number of fused-ring (bicyclic) bond motifs is 1. The molecule has 0 fully saturated rings. The number of pyridine rings is 1. The molecule has 2 N–H and O–H groups in total. The number of amides is 1. The van der Waals surface area contributed by atoms with Gasteiger partial charge in [0, 0.05) is 6.20 Å². The van der Waals surface area contributed by atoms with Gasteiger partial charge in [0.25, 0.3) is 0 Å². The van der Waals surface area contributed by atoms with Gasteiger partial charge in [0.2, 0.25) is 5.91 Å². The molecule has 2 heterocycles. The van der Waals surface area contributed by atoms with E-state index in [2.05, 4.69) is 10.4 Å². The summed E-state index contributed by atoms with van der Waals surface area (Å²) in [5.74, 6) is -0.564. The van der Waals surface area contributed by atoms with Gasteiger partial charge in [-0.1, -0.05) is 29.3 Å². The molecule has 0 saturated carbocycles. The monoisotopic (exact) mass is 366 g/mol. The standard InChI is InChI=1S/C15H12Cl2N4O3/c16-11-3-1-9(5-12(11)17)6-21-15(24)20-7-10(18-14(23)8-22)2-4-13(20)19-21/h1-5,7,22H,6,8H2,(H,18,23). The maximum Gasteiger partial charge on any atom is 0.350 e. The van der Waals surface area contributed by atoms with Crippen molar-refractivity contribution < 1.29 is 9.90 Å². The Bertz CT molecular complexity index is 980. The molecule has 0 aliphatic rings. The highest BCUT2D eigenvalue weighted by atomic mass is 35.5. The second kappa shape index (κ2) is 6.64. The van der Waals surface area contributed by atoms with E-state index in [1.165, 1.54) is 15.3 Å². The molecule has 1 amide bonds. The molecule has 0 bridgehead atoms. The number of nitrogens with zero attached hydrogens (tertiary/aromatic N) is 3. The normalized spacial score (nSPS) is 11.0. The number of nitrogens with one attached hydrogen (secondary N) is 1. The van der Waals surface area contributed by atoms with Gasteiger partial charge in [-0.3, -0.25) is 4.79 Å². The van der Waals surface area contributed by atoms with Gasteiger partial charge in [0.05, 0.1) is 22.3 Å². The molecule has 0 unspecified atom stereocenters. The van der Waals surface area contributed by atoms with Crippen LogP contribution < -0.4 is 11.0 Å². The van der Waals surface area contributed by atoms with Gasteiger partial charge in [-0.25, -0.2) is 13.9 Å². The van der Waals surface area contributed by atoms with Crippen molar-refractivity contribution in [1.29, 1.82) is 0 Å². The minimum Gasteiger partial charge on any atom is -0.387 e. The zero-order valence-corrected chi connectivity index (χ0v) is 13.8. The van der Waals surface area contributed by atoms with Crippen molar-refractivity contribution in [1.82, 2.24) is 14.2 Å². The van der Waals surface area contributed by atoms with Crippen molar-refractivity contribution in [2.24, 2.45) is 0 Å². The quantitative estimate of drug-likeness (QED) is 0.736. The molecule has 7 nitrogen and oxygen atoms in total. The summed E-state index contributed by atoms with van der Waals surface area (Å²) < 4.78 is 2.59. The molecule has 0 saturated heterocycles. The second-order valence-electron chi connectivity index (χ2n) is 5.04. The van der Waals surface area contributed by atoms with E-state index in [1.54, 1.807) is 30.3 Å². The van der Waals surface area contributed by atoms with E-state index in [9.17, 15) is 9.59 Å². The van der Waals surface area contributed by atoms with Crippen LogP contribution in [0.3, 0.4) is 0 Å². The van der Waals surface area contributed by atoms with Gasteiger partial charge in [-0.2, -0.15) is 0 Å². The van der Waals surface area contributed by atoms with Crippen molar-refractivity contribution in [2.45, 2.75) is 6.54 Å². The number of aliphatic hydroxyl groups is 1. The fourth-order valence-electron chi connectivity index (χ4n) is 2.21. The number of benzene rings is 1. The minimum atomic E-state index is -0.635. The fourth-order valence-corrected chi connectivity index (χ4v) is 2.53. The molecule has 0 aliphatic heterocycles. The van der Waals surface area contributed by atoms with Crippen LogP contribution in [0.25, 0.3) is 5.65 Å². The first-order valence-corrected chi connectivity index (χ1v) is 7.67. The van der Waals surface area contributed by atoms with Crippen molar-refractivity contribution >= 4 is 40.4 Å². The number of anilines is 1. The minimum absolute atomic E-state index is 0.232. The van der Waals surface area contributed by atoms with Crippen LogP contribution in [-0.4, -0.2) is 31.8 Å². The maximum absolute atomic E-state index is 12.4. The summed E-state index contributed by atoms with van der Waals surface area (Å²) in [6, 6.07) is 8.28. The van der Waals surface area contributed by atoms with Crippen molar-refractivity contribution in [3.63, 3.8) is 0 Å². The first kappa shape index (κ1) is 16.5. The summed E-state index contributed by atoms with van der Waals surface area (Å²) >= 11 is 11.9. The highest BCUT2D eigenvalue weighted by Gasteiger charge is 2.10. The third-order valence-electron chi connectivity index (χ3n) is 3.32. The SMILES string of the molecule is O=C(CO)Nc1ccc2nn(Cc3ccc(Cl)c(Cl)c3)c(=O)n2c1. The van der Waals surface area contributed by atoms with E-state index in [1.807, 2.05) is 0 Å². The predicted octanol–water partition coefficient (Wildman–Crippen LogP) is 1.78. The van der Waals surface area contributed by atoms with Gasteiger partial charge >= 0.3 is 5.69 Å². The summed E-state index contributed by atoms with van der Waals surface area (Å²) in [5, 5.41) is 16.3. The first-order chi connectivity index (χ1) is 11.5. The Morgan fingerprint density at radius 3 is 2.71 bits per heavy atom. The molecule has 0 radical (unpaired) electrons. The van der Waals surface area contributed by atoms with Gasteiger partial charge < -0.3 is 10.4 Å². The van der Waals surface area contributed by atoms with Crippen LogP contribution in [0.5, 0.6) is 0 Å². The molecule has 0 aliphatic carbocycles. The largest absolute Gasteiger partial charge is 0.387 e. The summed E-state index contributed by atoms with van der Waals surface area (Å²) in [6.07, 6.45) is 1.45. The molecule has 0 spiro atoms. The first-order valence-electron chi connectivity index (χ1n) is 6.92. The number of hydrogen-bond acceptors (Lipinski definition) is 4. The summed E-state index contributed by atoms with van der Waals surface area (Å²) in [4.78, 5) is 23.6. The van der Waals surface area contributed by atoms with Crippen LogP contribution in [0.4, 0.5) is 5.69 Å². The lowest BCUT2D eigenvalue weighted by molar-refractivity contribution is -0.118. The van der Waals surface area contributed by atoms with E-state index < -0.39 is 12.5 Å². The second-order valence-corrected chi connectivity index (χ2v) is 5.86. The predicted molar refractivity (Wildman–Crippen MR) is 90.7 cm³/mol. The summed E-state index contributed by atoms with van der Waals surface area (Å²) in [5.41, 5.74) is 1.24. The van der Waals surface area contributed by atoms with Crippen LogP contribution in [0.2, 0.25) is 10.0 Å². The molecule has 3 rings (SSSR count). The van der Waals surface area contributed by atoms with Crippen LogP contribution in [0, 0.1) is 0 Å². The molecular weight excluding hydrogens is 355 g/mol. The van der Waals surface area contributed by atoms with Crippen LogP contribution in [0.15, 0.2) is 41.3 Å². The Hall–Kier alpha value is -2.35. The fraction of sp³-hybridized carbons (Fsp3) is 0.133. The summed E-state index contributed by atoms with van der Waals surface area (Å²) in [6.45, 7) is -0.404. The molecule has 0 atom stereocenters. The van der Waals surface area contributed by atoms with E-state index in [4.69, 9.17) is 28.3 Å². The zero-order valence-electron chi connectivity index (χ0n) is 12.2. The number of carbonyl (C=O) groups is 1. The molecule has 2 aromatic heterocycles. The smallest absolute Gasteiger partial charge is 0.350 e. The van der Waals surface area contributed by atoms with Crippen LogP contribution >= 0.6 is 23.2 Å². The van der Waals surface area contributed by atoms with Crippen molar-refractivity contribution in [3.8, 4) is 0 Å². The number of carbonyl (C=O) groups excluding carboxylic acids is 1. The Balaban J connectivity index is 1.94. The average Bonchev–Trinajstić information content (AvgIpc) is 2.87. The van der Waals surface area contributed by atoms with E-state index >= 15 is 0 Å². The number of hydrogen-bond donors (Lipinski definition) is 2. The number of rotatable bonds is 4. The average molecular weight is 367 g/mol. The Morgan fingerprint density at radius 2 is 2.00 bits per heavy atom. The Morgan fingerprint density at radius 1 is 1.21 bits per heavy atom. The maximum atomic E-state index is 12.4. The van der Waals surface area contributed by atoms with E-state index in [0.29, 0.717) is 21.4 Å². The highest BCUT2D eigenvalue weighted by molar-refractivity contribution is 6.42. The summed E-state index contributed by atoms with van der Waals surface area (Å²) in [7, 11) is 0. The van der Waals surface area contributed by atoms with Crippen LogP contribution in [0.1, 0.15) is 5.56 Å². The Labute approximate surface area is 146 Å². The third kappa shape index (κ3) is 3.28. The molecule has 24 heavy (non-hydrogen) atoms. The van der Waals surface area contributed by atoms with E-state index in [-0.39, 0.29) is 12.2 Å². The van der Waals surface area contributed by atoms with Crippen molar-refractivity contribution in [3.05, 3.63) is 62.6 Å². The lowest BCUT2D eigenvalue weighted by atomic mass is 10.2. The molecular formula is C15H12Cl2N4O3.